The molecule has 0 unspecified atom stereocenters. The van der Waals surface area contributed by atoms with Crippen molar-refractivity contribution in [3.63, 3.8) is 0 Å². The van der Waals surface area contributed by atoms with E-state index >= 15 is 0 Å². The van der Waals surface area contributed by atoms with Gasteiger partial charge in [-0.1, -0.05) is 12.1 Å². The van der Waals surface area contributed by atoms with Crippen molar-refractivity contribution in [1.82, 2.24) is 0 Å². The molecule has 206 valence electrons. The van der Waals surface area contributed by atoms with Crippen molar-refractivity contribution in [1.29, 1.82) is 0 Å². The molecule has 5 rings (SSSR count). The summed E-state index contributed by atoms with van der Waals surface area (Å²) in [7, 11) is 0. The summed E-state index contributed by atoms with van der Waals surface area (Å²) in [6, 6.07) is 32.7. The second kappa shape index (κ2) is 12.7. The molecule has 0 heterocycles. The lowest BCUT2D eigenvalue weighted by molar-refractivity contribution is -0.385. The minimum atomic E-state index is -0.472. The van der Waals surface area contributed by atoms with Gasteiger partial charge in [-0.2, -0.15) is 20.5 Å². The van der Waals surface area contributed by atoms with Gasteiger partial charge in [0.1, 0.15) is 11.5 Å². The third-order valence-electron chi connectivity index (χ3n) is 5.66. The lowest BCUT2D eigenvalue weighted by Crippen LogP contribution is -1.90. The Balaban J connectivity index is 1.20. The highest BCUT2D eigenvalue weighted by Crippen LogP contribution is 2.36. The van der Waals surface area contributed by atoms with Crippen molar-refractivity contribution in [3.8, 4) is 23.0 Å². The van der Waals surface area contributed by atoms with E-state index in [-0.39, 0.29) is 11.4 Å². The van der Waals surface area contributed by atoms with Crippen LogP contribution >= 0.6 is 0 Å². The van der Waals surface area contributed by atoms with E-state index in [9.17, 15) is 20.2 Å². The first-order valence-corrected chi connectivity index (χ1v) is 12.4. The van der Waals surface area contributed by atoms with Crippen LogP contribution < -0.4 is 9.47 Å². The van der Waals surface area contributed by atoms with Crippen molar-refractivity contribution in [3.05, 3.63) is 142 Å². The zero-order chi connectivity index (χ0) is 29.3. The van der Waals surface area contributed by atoms with Crippen molar-refractivity contribution < 1.29 is 19.3 Å². The van der Waals surface area contributed by atoms with Crippen molar-refractivity contribution in [2.45, 2.75) is 0 Å². The Kier molecular flexibility index (Phi) is 8.25. The van der Waals surface area contributed by atoms with Gasteiger partial charge >= 0.3 is 0 Å². The molecule has 0 aromatic heterocycles. The molecular formula is C30H20N6O6. The first kappa shape index (κ1) is 27.3. The van der Waals surface area contributed by atoms with E-state index in [1.165, 1.54) is 48.5 Å². The zero-order valence-electron chi connectivity index (χ0n) is 21.7. The molecule has 0 aliphatic rings. The third-order valence-corrected chi connectivity index (χ3v) is 5.66. The number of benzene rings is 5. The minimum absolute atomic E-state index is 0.0139. The average molecular weight is 561 g/mol. The largest absolute Gasteiger partial charge is 0.453 e. The van der Waals surface area contributed by atoms with E-state index in [2.05, 4.69) is 20.5 Å². The summed E-state index contributed by atoms with van der Waals surface area (Å²) < 4.78 is 12.1. The summed E-state index contributed by atoms with van der Waals surface area (Å²) in [6.45, 7) is 0. The topological polar surface area (TPSA) is 154 Å². The molecule has 42 heavy (non-hydrogen) atoms. The molecule has 0 N–H and O–H groups in total. The number of ether oxygens (including phenoxy) is 2. The molecule has 0 spiro atoms. The van der Waals surface area contributed by atoms with Crippen molar-refractivity contribution in [2.75, 3.05) is 0 Å². The van der Waals surface area contributed by atoms with Gasteiger partial charge in [0.15, 0.2) is 11.5 Å². The van der Waals surface area contributed by atoms with E-state index in [0.717, 1.165) is 0 Å². The highest BCUT2D eigenvalue weighted by molar-refractivity contribution is 5.50. The van der Waals surface area contributed by atoms with Gasteiger partial charge in [0.2, 0.25) is 0 Å². The van der Waals surface area contributed by atoms with Crippen molar-refractivity contribution in [2.24, 2.45) is 20.5 Å². The number of hydrogen-bond donors (Lipinski definition) is 0. The smallest absolute Gasteiger partial charge is 0.269 e. The molecule has 0 aliphatic carbocycles. The predicted octanol–water partition coefficient (Wildman–Crippen LogP) is 9.92. The second-order valence-corrected chi connectivity index (χ2v) is 8.59. The van der Waals surface area contributed by atoms with Gasteiger partial charge in [-0.15, -0.1) is 0 Å². The fourth-order valence-corrected chi connectivity index (χ4v) is 3.55. The molecular weight excluding hydrogens is 540 g/mol. The second-order valence-electron chi connectivity index (χ2n) is 8.59. The number of nitrogens with zero attached hydrogens (tertiary/aromatic N) is 6. The van der Waals surface area contributed by atoms with Crippen LogP contribution in [-0.2, 0) is 0 Å². The Morgan fingerprint density at radius 2 is 0.714 bits per heavy atom. The molecule has 0 aliphatic heterocycles. The quantitative estimate of drug-likeness (QED) is 0.0940. The van der Waals surface area contributed by atoms with Crippen LogP contribution in [0.3, 0.4) is 0 Å². The Labute approximate surface area is 238 Å². The van der Waals surface area contributed by atoms with Gasteiger partial charge in [-0.25, -0.2) is 0 Å². The first-order valence-electron chi connectivity index (χ1n) is 12.4. The van der Waals surface area contributed by atoms with Gasteiger partial charge < -0.3 is 9.47 Å². The van der Waals surface area contributed by atoms with Crippen LogP contribution in [0, 0.1) is 20.2 Å². The van der Waals surface area contributed by atoms with Crippen LogP contribution in [-0.4, -0.2) is 9.85 Å². The summed E-state index contributed by atoms with van der Waals surface area (Å²) in [6.07, 6.45) is 0. The Morgan fingerprint density at radius 3 is 1.00 bits per heavy atom. The average Bonchev–Trinajstić information content (AvgIpc) is 3.02. The first-order chi connectivity index (χ1) is 20.4. The maximum absolute atomic E-state index is 10.8. The molecule has 0 saturated heterocycles. The Bertz CT molecular complexity index is 1620. The summed E-state index contributed by atoms with van der Waals surface area (Å²) in [5, 5.41) is 38.1. The molecule has 0 bridgehead atoms. The van der Waals surface area contributed by atoms with Crippen LogP contribution in [0.25, 0.3) is 0 Å². The zero-order valence-corrected chi connectivity index (χ0v) is 21.7. The molecule has 12 heteroatoms. The van der Waals surface area contributed by atoms with E-state index in [1.54, 1.807) is 60.7 Å². The van der Waals surface area contributed by atoms with Crippen LogP contribution in [0.15, 0.2) is 142 Å². The lowest BCUT2D eigenvalue weighted by atomic mass is 10.3. The van der Waals surface area contributed by atoms with E-state index < -0.39 is 9.85 Å². The van der Waals surface area contributed by atoms with Gasteiger partial charge in [0.25, 0.3) is 11.4 Å². The maximum Gasteiger partial charge on any atom is 0.269 e. The molecule has 0 radical (unpaired) electrons. The number of non-ortho nitro benzene ring substituents is 2. The van der Waals surface area contributed by atoms with Gasteiger partial charge in [-0.05, 0) is 84.9 Å². The summed E-state index contributed by atoms with van der Waals surface area (Å²) in [4.78, 5) is 20.6. The van der Waals surface area contributed by atoms with E-state index in [1.807, 2.05) is 12.1 Å². The number of para-hydroxylation sites is 2. The summed E-state index contributed by atoms with van der Waals surface area (Å²) >= 11 is 0. The normalized spacial score (nSPS) is 11.0. The minimum Gasteiger partial charge on any atom is -0.453 e. The highest BCUT2D eigenvalue weighted by Gasteiger charge is 2.08. The number of rotatable bonds is 10. The number of hydrogen-bond acceptors (Lipinski definition) is 10. The van der Waals surface area contributed by atoms with E-state index in [4.69, 9.17) is 9.47 Å². The fraction of sp³-hybridized carbons (Fsp3) is 0. The lowest BCUT2D eigenvalue weighted by Gasteiger charge is -2.12. The number of nitro groups is 2. The predicted molar refractivity (Wildman–Crippen MR) is 154 cm³/mol. The molecule has 0 amide bonds. The molecule has 0 saturated carbocycles. The van der Waals surface area contributed by atoms with Crippen LogP contribution in [0.4, 0.5) is 34.1 Å². The van der Waals surface area contributed by atoms with Crippen LogP contribution in [0.5, 0.6) is 23.0 Å². The summed E-state index contributed by atoms with van der Waals surface area (Å²) in [5.74, 6) is 2.11. The molecule has 5 aromatic carbocycles. The monoisotopic (exact) mass is 560 g/mol. The van der Waals surface area contributed by atoms with Gasteiger partial charge in [-0.3, -0.25) is 20.2 Å². The SMILES string of the molecule is O=[N+]([O-])c1ccc(N=Nc2ccc(Oc3ccccc3Oc3ccc(N=Nc4ccc([N+](=O)[O-])cc4)cc3)cc2)cc1. The fourth-order valence-electron chi connectivity index (χ4n) is 3.55. The van der Waals surface area contributed by atoms with Gasteiger partial charge in [0, 0.05) is 24.3 Å². The van der Waals surface area contributed by atoms with E-state index in [0.29, 0.717) is 45.7 Å². The standard InChI is InChI=1S/C30H20N6O6/c37-35(38)25-13-5-21(6-14-25)31-33-23-9-17-27(18-10-23)41-29-3-1-2-4-30(29)42-28-19-11-24(12-20-28)34-32-22-7-15-26(16-8-22)36(39)40/h1-20H. The molecule has 0 atom stereocenters. The van der Waals surface area contributed by atoms with Crippen LogP contribution in [0.2, 0.25) is 0 Å². The van der Waals surface area contributed by atoms with Crippen molar-refractivity contribution >= 4 is 34.1 Å². The summed E-state index contributed by atoms with van der Waals surface area (Å²) in [5.41, 5.74) is 2.12. The van der Waals surface area contributed by atoms with Crippen LogP contribution in [0.1, 0.15) is 0 Å². The van der Waals surface area contributed by atoms with Gasteiger partial charge in [0.05, 0.1) is 32.6 Å². The Hall–Kier alpha value is -6.30. The number of azo groups is 2. The molecule has 0 fully saturated rings. The molecule has 5 aromatic rings. The molecule has 12 nitrogen and oxygen atoms in total. The third kappa shape index (κ3) is 7.21. The highest BCUT2D eigenvalue weighted by atomic mass is 16.6. The Morgan fingerprint density at radius 1 is 0.429 bits per heavy atom. The number of nitro benzene ring substituents is 2. The maximum atomic E-state index is 10.8.